The normalized spacial score (nSPS) is 50.9. The number of hydrogen-bond donors (Lipinski definition) is 0. The van der Waals surface area contributed by atoms with Crippen LogP contribution in [0.3, 0.4) is 0 Å². The number of carbonyl (C=O) groups excluding carboxylic acids is 2. The highest BCUT2D eigenvalue weighted by atomic mass is 16.5. The van der Waals surface area contributed by atoms with Gasteiger partial charge < -0.3 is 9.47 Å². The Kier molecular flexibility index (Phi) is 2.39. The van der Waals surface area contributed by atoms with E-state index in [4.69, 9.17) is 9.47 Å². The van der Waals surface area contributed by atoms with Gasteiger partial charge in [0.1, 0.15) is 12.2 Å². The number of fused-ring (bicyclic) bond motifs is 4. The summed E-state index contributed by atoms with van der Waals surface area (Å²) in [5.74, 6) is 2.28. The van der Waals surface area contributed by atoms with Crippen LogP contribution in [0.25, 0.3) is 0 Å². The van der Waals surface area contributed by atoms with E-state index in [1.165, 1.54) is 12.8 Å². The van der Waals surface area contributed by atoms with Crippen LogP contribution < -0.4 is 0 Å². The minimum atomic E-state index is -0.0185. The molecule has 6 bridgehead atoms. The molecular weight excluding hydrogens is 232 g/mol. The van der Waals surface area contributed by atoms with Crippen LogP contribution in [-0.4, -0.2) is 36.5 Å². The molecule has 0 aromatic heterocycles. The second-order valence-electron chi connectivity index (χ2n) is 6.19. The van der Waals surface area contributed by atoms with Crippen molar-refractivity contribution in [3.05, 3.63) is 0 Å². The van der Waals surface area contributed by atoms with E-state index in [-0.39, 0.29) is 12.2 Å². The van der Waals surface area contributed by atoms with Crippen LogP contribution in [0.15, 0.2) is 0 Å². The molecule has 0 aromatic rings. The SMILES string of the molecule is O=C1C2CCC3C(O2)C13.O=C1CC2CCC1OC2. The first-order valence-electron chi connectivity index (χ1n) is 7.07. The molecule has 4 aliphatic heterocycles. The fourth-order valence-electron chi connectivity index (χ4n) is 3.91. The Morgan fingerprint density at radius 2 is 1.83 bits per heavy atom. The van der Waals surface area contributed by atoms with Crippen LogP contribution in [0, 0.1) is 17.8 Å². The summed E-state index contributed by atoms with van der Waals surface area (Å²) in [4.78, 5) is 22.0. The summed E-state index contributed by atoms with van der Waals surface area (Å²) in [6.45, 7) is 0.830. The third kappa shape index (κ3) is 1.58. The molecule has 7 aliphatic rings. The quantitative estimate of drug-likeness (QED) is 0.646. The van der Waals surface area contributed by atoms with Gasteiger partial charge in [0.15, 0.2) is 11.6 Å². The number of Topliss-reactive ketones (excluding diaryl/α,β-unsaturated/α-hetero) is 2. The van der Waals surface area contributed by atoms with E-state index in [1.807, 2.05) is 0 Å². The smallest absolute Gasteiger partial charge is 0.167 e. The molecule has 0 radical (unpaired) electrons. The van der Waals surface area contributed by atoms with Crippen LogP contribution in [0.4, 0.5) is 0 Å². The lowest BCUT2D eigenvalue weighted by atomic mass is 9.84. The van der Waals surface area contributed by atoms with Gasteiger partial charge in [0, 0.05) is 6.42 Å². The zero-order valence-electron chi connectivity index (χ0n) is 10.3. The molecule has 18 heavy (non-hydrogen) atoms. The maximum atomic E-state index is 11.1. The maximum absolute atomic E-state index is 11.1. The van der Waals surface area contributed by atoms with Crippen LogP contribution in [0.2, 0.25) is 0 Å². The van der Waals surface area contributed by atoms with Crippen molar-refractivity contribution in [2.24, 2.45) is 17.8 Å². The molecule has 7 rings (SSSR count). The minimum absolute atomic E-state index is 0.0185. The Bertz CT molecular complexity index is 383. The number of ketones is 2. The molecule has 4 saturated heterocycles. The van der Waals surface area contributed by atoms with Crippen LogP contribution in [-0.2, 0) is 19.1 Å². The summed E-state index contributed by atoms with van der Waals surface area (Å²) in [6, 6.07) is 0. The zero-order valence-corrected chi connectivity index (χ0v) is 10.3. The van der Waals surface area contributed by atoms with Gasteiger partial charge >= 0.3 is 0 Å². The second kappa shape index (κ2) is 3.87. The maximum Gasteiger partial charge on any atom is 0.167 e. The minimum Gasteiger partial charge on any atom is -0.370 e. The molecule has 0 aromatic carbocycles. The first-order valence-corrected chi connectivity index (χ1v) is 7.07. The third-order valence-corrected chi connectivity index (χ3v) is 5.04. The molecule has 7 fully saturated rings. The molecule has 4 heteroatoms. The fraction of sp³-hybridized carbons (Fsp3) is 0.857. The van der Waals surface area contributed by atoms with Crippen molar-refractivity contribution >= 4 is 11.6 Å². The number of ether oxygens (including phenoxy) is 2. The molecule has 4 heterocycles. The molecule has 0 spiro atoms. The van der Waals surface area contributed by atoms with E-state index >= 15 is 0 Å². The van der Waals surface area contributed by atoms with E-state index in [2.05, 4.69) is 0 Å². The summed E-state index contributed by atoms with van der Waals surface area (Å²) in [7, 11) is 0. The van der Waals surface area contributed by atoms with Crippen molar-refractivity contribution in [1.29, 1.82) is 0 Å². The monoisotopic (exact) mass is 250 g/mol. The van der Waals surface area contributed by atoms with E-state index in [0.717, 1.165) is 25.9 Å². The van der Waals surface area contributed by atoms with Gasteiger partial charge in [-0.1, -0.05) is 0 Å². The van der Waals surface area contributed by atoms with Gasteiger partial charge in [0.2, 0.25) is 0 Å². The van der Waals surface area contributed by atoms with Crippen LogP contribution in [0.5, 0.6) is 0 Å². The predicted molar refractivity (Wildman–Crippen MR) is 62.0 cm³/mol. The van der Waals surface area contributed by atoms with Crippen molar-refractivity contribution in [3.63, 3.8) is 0 Å². The van der Waals surface area contributed by atoms with Crippen molar-refractivity contribution in [2.75, 3.05) is 6.61 Å². The fourth-order valence-corrected chi connectivity index (χ4v) is 3.91. The summed E-state index contributed by atoms with van der Waals surface area (Å²) < 4.78 is 10.6. The van der Waals surface area contributed by atoms with Crippen molar-refractivity contribution in [3.8, 4) is 0 Å². The number of hydrogen-bond acceptors (Lipinski definition) is 4. The van der Waals surface area contributed by atoms with Crippen LogP contribution >= 0.6 is 0 Å². The lowest BCUT2D eigenvalue weighted by molar-refractivity contribution is -0.147. The lowest BCUT2D eigenvalue weighted by Gasteiger charge is -2.34. The Morgan fingerprint density at radius 1 is 1.00 bits per heavy atom. The summed E-state index contributed by atoms with van der Waals surface area (Å²) in [6.07, 6.45) is 5.57. The summed E-state index contributed by atoms with van der Waals surface area (Å²) >= 11 is 0. The zero-order chi connectivity index (χ0) is 12.3. The number of carbonyl (C=O) groups is 2. The topological polar surface area (TPSA) is 52.6 Å². The Labute approximate surface area is 106 Å². The first-order chi connectivity index (χ1) is 8.74. The molecule has 6 atom stereocenters. The summed E-state index contributed by atoms with van der Waals surface area (Å²) in [5, 5.41) is 0. The Hall–Kier alpha value is -0.740. The van der Waals surface area contributed by atoms with Crippen molar-refractivity contribution in [2.45, 2.75) is 50.4 Å². The van der Waals surface area contributed by atoms with Gasteiger partial charge in [0.25, 0.3) is 0 Å². The predicted octanol–water partition coefficient (Wildman–Crippen LogP) is 1.12. The molecule has 0 amide bonds. The molecule has 4 nitrogen and oxygen atoms in total. The second-order valence-corrected chi connectivity index (χ2v) is 6.19. The number of rotatable bonds is 0. The Morgan fingerprint density at radius 3 is 2.11 bits per heavy atom. The highest BCUT2D eigenvalue weighted by Gasteiger charge is 2.66. The molecule has 0 N–H and O–H groups in total. The van der Waals surface area contributed by atoms with Gasteiger partial charge in [-0.2, -0.15) is 0 Å². The third-order valence-electron chi connectivity index (χ3n) is 5.04. The standard InChI is InChI=1S/C7H8O2.C7H10O2/c8-6-4-2-1-3-5(6)7(3)9-4;8-6-3-5-1-2-7(6)9-4-5/h3-5,7H,1-2H2;5,7H,1-4H2. The summed E-state index contributed by atoms with van der Waals surface area (Å²) in [5.41, 5.74) is 0. The van der Waals surface area contributed by atoms with Crippen molar-refractivity contribution in [1.82, 2.24) is 0 Å². The Balaban J connectivity index is 0.0000000980. The van der Waals surface area contributed by atoms with Gasteiger partial charge in [-0.15, -0.1) is 0 Å². The molecule has 3 saturated carbocycles. The van der Waals surface area contributed by atoms with Crippen molar-refractivity contribution < 1.29 is 19.1 Å². The van der Waals surface area contributed by atoms with E-state index in [9.17, 15) is 9.59 Å². The molecule has 98 valence electrons. The molecule has 3 aliphatic carbocycles. The van der Waals surface area contributed by atoms with E-state index < -0.39 is 0 Å². The molecule has 6 unspecified atom stereocenters. The average Bonchev–Trinajstić information content (AvgIpc) is 3.06. The van der Waals surface area contributed by atoms with Gasteiger partial charge in [-0.3, -0.25) is 9.59 Å². The van der Waals surface area contributed by atoms with E-state index in [0.29, 0.717) is 35.4 Å². The van der Waals surface area contributed by atoms with Gasteiger partial charge in [0.05, 0.1) is 18.6 Å². The largest absolute Gasteiger partial charge is 0.370 e. The highest BCUT2D eigenvalue weighted by molar-refractivity contribution is 5.92. The molecular formula is C14H18O4. The lowest BCUT2D eigenvalue weighted by Crippen LogP contribution is -2.40. The van der Waals surface area contributed by atoms with Gasteiger partial charge in [-0.25, -0.2) is 0 Å². The first kappa shape index (κ1) is 11.1. The van der Waals surface area contributed by atoms with E-state index in [1.54, 1.807) is 0 Å². The van der Waals surface area contributed by atoms with Crippen LogP contribution in [0.1, 0.15) is 32.1 Å². The van der Waals surface area contributed by atoms with Gasteiger partial charge in [-0.05, 0) is 37.5 Å². The highest BCUT2D eigenvalue weighted by Crippen LogP contribution is 2.56. The average molecular weight is 250 g/mol.